The second-order valence-electron chi connectivity index (χ2n) is 11.3. The third-order valence-electron chi connectivity index (χ3n) is 7.76. The summed E-state index contributed by atoms with van der Waals surface area (Å²) in [7, 11) is 0. The van der Waals surface area contributed by atoms with E-state index in [1.54, 1.807) is 0 Å². The maximum Gasteiger partial charge on any atom is 0.244 e. The smallest absolute Gasteiger partial charge is 0.244 e. The third-order valence-corrected chi connectivity index (χ3v) is 7.76. The van der Waals surface area contributed by atoms with E-state index in [0.717, 1.165) is 42.2 Å². The number of hydrogen-bond donors (Lipinski definition) is 2. The zero-order valence-corrected chi connectivity index (χ0v) is 20.5. The lowest BCUT2D eigenvalue weighted by Gasteiger charge is -2.48. The molecule has 3 heterocycles. The Kier molecular flexibility index (Phi) is 6.04. The molecule has 2 aliphatic heterocycles. The van der Waals surface area contributed by atoms with Crippen LogP contribution in [0.2, 0.25) is 0 Å². The number of carbonyl (C=O) groups is 1. The lowest BCUT2D eigenvalue weighted by molar-refractivity contribution is -0.126. The van der Waals surface area contributed by atoms with Gasteiger partial charge in [0.05, 0.1) is 18.2 Å². The van der Waals surface area contributed by atoms with Crippen molar-refractivity contribution in [1.29, 1.82) is 0 Å². The predicted molar refractivity (Wildman–Crippen MR) is 132 cm³/mol. The Bertz CT molecular complexity index is 1020. The molecule has 178 valence electrons. The summed E-state index contributed by atoms with van der Waals surface area (Å²) in [5, 5.41) is 7.82. The maximum atomic E-state index is 13.5. The Hall–Kier alpha value is -2.25. The normalized spacial score (nSPS) is 28.8. The van der Waals surface area contributed by atoms with Gasteiger partial charge in [0.1, 0.15) is 17.7 Å². The average Bonchev–Trinajstić information content (AvgIpc) is 2.77. The van der Waals surface area contributed by atoms with Gasteiger partial charge in [0.25, 0.3) is 0 Å². The number of rotatable bonds is 2. The molecule has 5 rings (SSSR count). The number of nitrogens with zero attached hydrogens (tertiary/aromatic N) is 4. The topological polar surface area (TPSA) is 73.4 Å². The van der Waals surface area contributed by atoms with Crippen molar-refractivity contribution in [3.63, 3.8) is 0 Å². The highest BCUT2D eigenvalue weighted by Gasteiger charge is 2.38. The van der Waals surface area contributed by atoms with Gasteiger partial charge >= 0.3 is 0 Å². The van der Waals surface area contributed by atoms with Gasteiger partial charge in [-0.25, -0.2) is 9.97 Å². The summed E-state index contributed by atoms with van der Waals surface area (Å²) in [6, 6.07) is 8.31. The minimum Gasteiger partial charge on any atom is -0.358 e. The summed E-state index contributed by atoms with van der Waals surface area (Å²) in [5.41, 5.74) is 1.33. The Labute approximate surface area is 197 Å². The van der Waals surface area contributed by atoms with Gasteiger partial charge in [-0.15, -0.1) is 0 Å². The van der Waals surface area contributed by atoms with Crippen molar-refractivity contribution in [2.75, 3.05) is 25.0 Å². The van der Waals surface area contributed by atoms with Gasteiger partial charge in [0, 0.05) is 31.1 Å². The lowest BCUT2D eigenvalue weighted by atomic mass is 9.74. The number of anilines is 1. The molecule has 1 aromatic heterocycles. The average molecular weight is 451 g/mol. The van der Waals surface area contributed by atoms with Crippen molar-refractivity contribution in [3.05, 3.63) is 30.1 Å². The molecule has 2 fully saturated rings. The summed E-state index contributed by atoms with van der Waals surface area (Å²) in [6.45, 7) is 12.4. The number of nitrogens with one attached hydrogen (secondary N) is 2. The monoisotopic (exact) mass is 450 g/mol. The third kappa shape index (κ3) is 4.71. The number of aromatic nitrogens is 2. The van der Waals surface area contributed by atoms with Crippen molar-refractivity contribution in [2.24, 2.45) is 11.3 Å². The number of piperazine rings is 1. The van der Waals surface area contributed by atoms with E-state index >= 15 is 0 Å². The second-order valence-corrected chi connectivity index (χ2v) is 11.3. The molecule has 1 saturated heterocycles. The number of amides is 1. The quantitative estimate of drug-likeness (QED) is 0.728. The van der Waals surface area contributed by atoms with E-state index in [-0.39, 0.29) is 24.0 Å². The van der Waals surface area contributed by atoms with E-state index in [2.05, 4.69) is 48.1 Å². The predicted octanol–water partition coefficient (Wildman–Crippen LogP) is 3.61. The molecule has 2 N–H and O–H groups in total. The molecular weight excluding hydrogens is 412 g/mol. The first kappa shape index (κ1) is 22.5. The lowest BCUT2D eigenvalue weighted by Crippen LogP contribution is -2.64. The second kappa shape index (κ2) is 8.84. The molecule has 0 spiro atoms. The van der Waals surface area contributed by atoms with Gasteiger partial charge in [0.15, 0.2) is 0 Å². The van der Waals surface area contributed by atoms with E-state index in [1.807, 2.05) is 24.3 Å². The minimum absolute atomic E-state index is 0.0315. The Morgan fingerprint density at radius 1 is 1.09 bits per heavy atom. The van der Waals surface area contributed by atoms with Gasteiger partial charge in [-0.2, -0.15) is 0 Å². The summed E-state index contributed by atoms with van der Waals surface area (Å²) >= 11 is 0. The first-order chi connectivity index (χ1) is 15.8. The van der Waals surface area contributed by atoms with Crippen LogP contribution in [0.25, 0.3) is 10.9 Å². The molecule has 0 radical (unpaired) electrons. The van der Waals surface area contributed by atoms with Crippen LogP contribution in [-0.2, 0) is 11.3 Å². The van der Waals surface area contributed by atoms with Crippen LogP contribution in [0.15, 0.2) is 24.3 Å². The Balaban J connectivity index is 1.46. The molecule has 2 unspecified atom stereocenters. The largest absolute Gasteiger partial charge is 0.358 e. The van der Waals surface area contributed by atoms with Crippen LogP contribution in [0.1, 0.15) is 59.2 Å². The molecule has 1 aromatic carbocycles. The van der Waals surface area contributed by atoms with E-state index in [1.165, 1.54) is 25.7 Å². The van der Waals surface area contributed by atoms with Gasteiger partial charge in [0.2, 0.25) is 5.91 Å². The van der Waals surface area contributed by atoms with E-state index in [4.69, 9.17) is 9.97 Å². The van der Waals surface area contributed by atoms with Crippen LogP contribution in [0.3, 0.4) is 0 Å². The molecule has 3 atom stereocenters. The fourth-order valence-electron chi connectivity index (χ4n) is 5.89. The molecule has 7 heteroatoms. The molecule has 7 nitrogen and oxygen atoms in total. The number of benzene rings is 1. The van der Waals surface area contributed by atoms with E-state index in [0.29, 0.717) is 18.0 Å². The van der Waals surface area contributed by atoms with Crippen molar-refractivity contribution in [3.8, 4) is 0 Å². The minimum atomic E-state index is -0.347. The highest BCUT2D eigenvalue weighted by Crippen LogP contribution is 2.38. The molecule has 33 heavy (non-hydrogen) atoms. The van der Waals surface area contributed by atoms with Crippen LogP contribution in [0.4, 0.5) is 5.82 Å². The molecule has 1 aliphatic carbocycles. The molecule has 1 saturated carbocycles. The first-order valence-corrected chi connectivity index (χ1v) is 12.6. The Morgan fingerprint density at radius 3 is 2.67 bits per heavy atom. The molecule has 2 aromatic rings. The van der Waals surface area contributed by atoms with Gasteiger partial charge in [-0.3, -0.25) is 14.6 Å². The van der Waals surface area contributed by atoms with Gasteiger partial charge in [-0.05, 0) is 42.7 Å². The van der Waals surface area contributed by atoms with Crippen LogP contribution >= 0.6 is 0 Å². The molecule has 1 amide bonds. The highest BCUT2D eigenvalue weighted by atomic mass is 16.2. The van der Waals surface area contributed by atoms with Crippen molar-refractivity contribution >= 4 is 22.6 Å². The van der Waals surface area contributed by atoms with Gasteiger partial charge in [-0.1, -0.05) is 46.2 Å². The summed E-state index contributed by atoms with van der Waals surface area (Å²) in [6.07, 6.45) is 5.07. The maximum absolute atomic E-state index is 13.5. The summed E-state index contributed by atoms with van der Waals surface area (Å²) in [4.78, 5) is 28.2. The van der Waals surface area contributed by atoms with Crippen LogP contribution in [-0.4, -0.2) is 63.6 Å². The number of hydrogen-bond acceptors (Lipinski definition) is 6. The zero-order chi connectivity index (χ0) is 23.2. The van der Waals surface area contributed by atoms with E-state index < -0.39 is 0 Å². The highest BCUT2D eigenvalue weighted by molar-refractivity contribution is 5.92. The van der Waals surface area contributed by atoms with Crippen LogP contribution in [0.5, 0.6) is 0 Å². The zero-order valence-electron chi connectivity index (χ0n) is 20.5. The van der Waals surface area contributed by atoms with Crippen molar-refractivity contribution in [2.45, 2.75) is 78.2 Å². The molecule has 2 bridgehead atoms. The van der Waals surface area contributed by atoms with Crippen molar-refractivity contribution in [1.82, 2.24) is 25.1 Å². The first-order valence-electron chi connectivity index (χ1n) is 12.6. The molecular formula is C26H38N6O. The van der Waals surface area contributed by atoms with E-state index in [9.17, 15) is 4.79 Å². The summed E-state index contributed by atoms with van der Waals surface area (Å²) < 4.78 is 0. The van der Waals surface area contributed by atoms with Crippen LogP contribution in [0, 0.1) is 11.3 Å². The fourth-order valence-corrected chi connectivity index (χ4v) is 5.89. The van der Waals surface area contributed by atoms with Gasteiger partial charge < -0.3 is 10.6 Å². The summed E-state index contributed by atoms with van der Waals surface area (Å²) in [5.74, 6) is 1.75. The fraction of sp³-hybridized carbons (Fsp3) is 0.654. The Morgan fingerprint density at radius 2 is 1.88 bits per heavy atom. The number of fused-ring (bicyclic) bond motifs is 5. The SMILES string of the molecule is CC(C)[C@@H]1Nc2nc(nc3ccccc23)CN2CCN(C3CCCC(C)(C)C3)CC2NC1=O. The number of para-hydroxylation sites is 1. The van der Waals surface area contributed by atoms with Crippen molar-refractivity contribution < 1.29 is 4.79 Å². The van der Waals surface area contributed by atoms with Crippen LogP contribution < -0.4 is 10.6 Å². The molecule has 3 aliphatic rings. The standard InChI is InChI=1S/C26H38N6O/c1-17(2)23-25(33)29-22-16-31(18-8-7-11-26(3,4)14-18)12-13-32(22)15-21-27-20-10-6-5-9-19(20)24(28-21)30-23/h5-6,9-10,17-18,22-23H,7-8,11-16H2,1-4H3,(H,29,33)(H,27,28,30)/t18?,22?,23-/m0/s1. The number of carbonyl (C=O) groups excluding carboxylic acids is 1.